The molecule has 0 bridgehead atoms. The second-order valence-electron chi connectivity index (χ2n) is 7.68. The van der Waals surface area contributed by atoms with Crippen molar-refractivity contribution in [3.8, 4) is 0 Å². The zero-order valence-corrected chi connectivity index (χ0v) is 16.3. The Hall–Kier alpha value is -1.40. The number of aliphatic hydroxyl groups excluding tert-OH is 2. The van der Waals surface area contributed by atoms with Crippen LogP contribution in [0.15, 0.2) is 27.4 Å². The number of hydrogen-bond donors (Lipinski definition) is 3. The lowest BCUT2D eigenvalue weighted by molar-refractivity contribution is 0.0184. The van der Waals surface area contributed by atoms with Gasteiger partial charge in [0, 0.05) is 23.5 Å². The van der Waals surface area contributed by atoms with Crippen LogP contribution >= 0.6 is 12.4 Å². The van der Waals surface area contributed by atoms with Gasteiger partial charge >= 0.3 is 5.63 Å². The summed E-state index contributed by atoms with van der Waals surface area (Å²) in [6.07, 6.45) is 6.38. The van der Waals surface area contributed by atoms with E-state index in [0.29, 0.717) is 23.7 Å². The first-order valence-electron chi connectivity index (χ1n) is 9.82. The summed E-state index contributed by atoms with van der Waals surface area (Å²) < 4.78 is 5.51. The minimum absolute atomic E-state index is 0. The Kier molecular flexibility index (Phi) is 6.58. The molecule has 2 aliphatic carbocycles. The standard InChI is InChI=1S/C21H27NO4.ClH/c23-17(12-22-13-6-1-2-7-13)20(24)16-10-5-11-18-19(16)14-8-3-4-9-15(14)21(25)26-18;/h5,10-11,13,17,20,22-24H,1-4,6-9,12H2;1H. The Balaban J connectivity index is 0.00000210. The molecule has 1 saturated carbocycles. The molecule has 27 heavy (non-hydrogen) atoms. The minimum Gasteiger partial charge on any atom is -0.422 e. The molecule has 2 aliphatic rings. The zero-order chi connectivity index (χ0) is 18.1. The third-order valence-corrected chi connectivity index (χ3v) is 5.93. The van der Waals surface area contributed by atoms with Crippen LogP contribution in [0.25, 0.3) is 11.0 Å². The summed E-state index contributed by atoms with van der Waals surface area (Å²) in [4.78, 5) is 12.3. The monoisotopic (exact) mass is 393 g/mol. The topological polar surface area (TPSA) is 82.7 Å². The highest BCUT2D eigenvalue weighted by atomic mass is 35.5. The van der Waals surface area contributed by atoms with E-state index in [9.17, 15) is 15.0 Å². The molecule has 5 nitrogen and oxygen atoms in total. The SMILES string of the molecule is Cl.O=c1oc2cccc(C(O)C(O)CNC3CCCC3)c2c2c1CCCC2. The van der Waals surface area contributed by atoms with E-state index in [1.54, 1.807) is 12.1 Å². The van der Waals surface area contributed by atoms with Crippen LogP contribution in [0.3, 0.4) is 0 Å². The van der Waals surface area contributed by atoms with E-state index in [-0.39, 0.29) is 18.0 Å². The summed E-state index contributed by atoms with van der Waals surface area (Å²) in [5, 5.41) is 25.5. The predicted molar refractivity (Wildman–Crippen MR) is 108 cm³/mol. The van der Waals surface area contributed by atoms with Gasteiger partial charge in [-0.05, 0) is 55.7 Å². The van der Waals surface area contributed by atoms with Crippen molar-refractivity contribution < 1.29 is 14.6 Å². The van der Waals surface area contributed by atoms with Gasteiger partial charge in [-0.25, -0.2) is 4.79 Å². The second kappa shape index (κ2) is 8.74. The van der Waals surface area contributed by atoms with Crippen molar-refractivity contribution in [2.75, 3.05) is 6.54 Å². The van der Waals surface area contributed by atoms with Crippen LogP contribution in [-0.2, 0) is 12.8 Å². The highest BCUT2D eigenvalue weighted by Crippen LogP contribution is 2.33. The number of halogens is 1. The van der Waals surface area contributed by atoms with E-state index in [1.807, 2.05) is 6.07 Å². The first kappa shape index (κ1) is 20.3. The zero-order valence-electron chi connectivity index (χ0n) is 15.4. The average molecular weight is 394 g/mol. The van der Waals surface area contributed by atoms with Crippen LogP contribution in [0, 0.1) is 0 Å². The van der Waals surface area contributed by atoms with Crippen LogP contribution in [0.4, 0.5) is 0 Å². The third kappa shape index (κ3) is 4.06. The first-order chi connectivity index (χ1) is 12.6. The molecule has 2 aromatic rings. The van der Waals surface area contributed by atoms with E-state index in [0.717, 1.165) is 55.0 Å². The maximum atomic E-state index is 12.3. The van der Waals surface area contributed by atoms with Crippen molar-refractivity contribution in [1.82, 2.24) is 5.32 Å². The molecule has 0 aliphatic heterocycles. The predicted octanol–water partition coefficient (Wildman–Crippen LogP) is 3.02. The number of hydrogen-bond acceptors (Lipinski definition) is 5. The Morgan fingerprint density at radius 2 is 1.78 bits per heavy atom. The van der Waals surface area contributed by atoms with Crippen LogP contribution in [-0.4, -0.2) is 28.9 Å². The smallest absolute Gasteiger partial charge is 0.339 e. The van der Waals surface area contributed by atoms with Gasteiger partial charge in [0.15, 0.2) is 0 Å². The number of rotatable bonds is 5. The third-order valence-electron chi connectivity index (χ3n) is 5.93. The van der Waals surface area contributed by atoms with Crippen molar-refractivity contribution in [3.05, 3.63) is 45.3 Å². The molecular formula is C21H28ClNO4. The van der Waals surface area contributed by atoms with Crippen LogP contribution in [0.2, 0.25) is 0 Å². The lowest BCUT2D eigenvalue weighted by Crippen LogP contribution is -2.37. The van der Waals surface area contributed by atoms with Crippen LogP contribution in [0.1, 0.15) is 61.3 Å². The summed E-state index contributed by atoms with van der Waals surface area (Å²) in [5.41, 5.74) is 2.63. The number of nitrogens with one attached hydrogen (secondary N) is 1. The lowest BCUT2D eigenvalue weighted by Gasteiger charge is -2.24. The van der Waals surface area contributed by atoms with Crippen LogP contribution in [0.5, 0.6) is 0 Å². The minimum atomic E-state index is -1.01. The number of benzene rings is 1. The Labute approximate surface area is 165 Å². The Morgan fingerprint density at radius 3 is 2.52 bits per heavy atom. The number of aryl methyl sites for hydroxylation is 1. The Morgan fingerprint density at radius 1 is 1.07 bits per heavy atom. The van der Waals surface area contributed by atoms with E-state index >= 15 is 0 Å². The Bertz CT molecular complexity index is 844. The fraction of sp³-hybridized carbons (Fsp3) is 0.571. The molecule has 0 radical (unpaired) electrons. The summed E-state index contributed by atoms with van der Waals surface area (Å²) >= 11 is 0. The normalized spacial score (nSPS) is 19.5. The maximum Gasteiger partial charge on any atom is 0.339 e. The largest absolute Gasteiger partial charge is 0.422 e. The highest BCUT2D eigenvalue weighted by molar-refractivity contribution is 5.86. The molecule has 1 aromatic carbocycles. The van der Waals surface area contributed by atoms with Gasteiger partial charge in [0.25, 0.3) is 0 Å². The van der Waals surface area contributed by atoms with E-state index in [1.165, 1.54) is 12.8 Å². The van der Waals surface area contributed by atoms with Gasteiger partial charge in [-0.15, -0.1) is 12.4 Å². The molecule has 148 valence electrons. The molecule has 1 heterocycles. The van der Waals surface area contributed by atoms with E-state index in [2.05, 4.69) is 5.32 Å². The maximum absolute atomic E-state index is 12.3. The molecule has 6 heteroatoms. The van der Waals surface area contributed by atoms with Gasteiger partial charge in [-0.1, -0.05) is 25.0 Å². The molecule has 4 rings (SSSR count). The van der Waals surface area contributed by atoms with Gasteiger partial charge in [0.1, 0.15) is 11.7 Å². The highest BCUT2D eigenvalue weighted by Gasteiger charge is 2.26. The molecule has 2 unspecified atom stereocenters. The van der Waals surface area contributed by atoms with E-state index < -0.39 is 12.2 Å². The molecule has 0 spiro atoms. The first-order valence-corrected chi connectivity index (χ1v) is 9.82. The average Bonchev–Trinajstić information content (AvgIpc) is 3.19. The molecular weight excluding hydrogens is 366 g/mol. The summed E-state index contributed by atoms with van der Waals surface area (Å²) in [6.45, 7) is 0.362. The van der Waals surface area contributed by atoms with Crippen molar-refractivity contribution in [1.29, 1.82) is 0 Å². The summed E-state index contributed by atoms with van der Waals surface area (Å²) in [5.74, 6) is 0. The summed E-state index contributed by atoms with van der Waals surface area (Å²) in [6, 6.07) is 5.82. The lowest BCUT2D eigenvalue weighted by atomic mass is 9.87. The van der Waals surface area contributed by atoms with Crippen molar-refractivity contribution in [3.63, 3.8) is 0 Å². The molecule has 3 N–H and O–H groups in total. The molecule has 1 aromatic heterocycles. The number of aliphatic hydroxyl groups is 2. The van der Waals surface area contributed by atoms with Gasteiger partial charge in [0.2, 0.25) is 0 Å². The van der Waals surface area contributed by atoms with Gasteiger partial charge < -0.3 is 19.9 Å². The second-order valence-corrected chi connectivity index (χ2v) is 7.68. The van der Waals surface area contributed by atoms with Gasteiger partial charge in [0.05, 0.1) is 6.10 Å². The van der Waals surface area contributed by atoms with Gasteiger partial charge in [-0.3, -0.25) is 0 Å². The van der Waals surface area contributed by atoms with E-state index in [4.69, 9.17) is 4.42 Å². The van der Waals surface area contributed by atoms with Crippen molar-refractivity contribution in [2.45, 2.75) is 69.6 Å². The van der Waals surface area contributed by atoms with Gasteiger partial charge in [-0.2, -0.15) is 0 Å². The molecule has 0 amide bonds. The fourth-order valence-electron chi connectivity index (χ4n) is 4.51. The van der Waals surface area contributed by atoms with Crippen molar-refractivity contribution >= 4 is 23.4 Å². The van der Waals surface area contributed by atoms with Crippen molar-refractivity contribution in [2.24, 2.45) is 0 Å². The number of fused-ring (bicyclic) bond motifs is 3. The quantitative estimate of drug-likeness (QED) is 0.680. The van der Waals surface area contributed by atoms with Crippen LogP contribution < -0.4 is 10.9 Å². The molecule has 0 saturated heterocycles. The molecule has 1 fully saturated rings. The summed E-state index contributed by atoms with van der Waals surface area (Å²) in [7, 11) is 0. The molecule has 2 atom stereocenters. The fourth-order valence-corrected chi connectivity index (χ4v) is 4.51.